The Balaban J connectivity index is 1.73. The van der Waals surface area contributed by atoms with E-state index < -0.39 is 44.5 Å². The Morgan fingerprint density at radius 3 is 2.55 bits per heavy atom. The highest BCUT2D eigenvalue weighted by Gasteiger charge is 2.66. The van der Waals surface area contributed by atoms with Gasteiger partial charge in [0, 0.05) is 44.4 Å². The van der Waals surface area contributed by atoms with E-state index in [2.05, 4.69) is 6.58 Å². The van der Waals surface area contributed by atoms with E-state index in [0.717, 1.165) is 4.90 Å². The number of nitrogens with zero attached hydrogens (tertiary/aromatic N) is 3. The number of aliphatic hydroxyl groups is 1. The third kappa shape index (κ3) is 4.06. The lowest BCUT2D eigenvalue weighted by Gasteiger charge is -2.34. The van der Waals surface area contributed by atoms with Crippen LogP contribution < -0.4 is 4.90 Å². The smallest absolute Gasteiger partial charge is 0.296 e. The van der Waals surface area contributed by atoms with Crippen LogP contribution in [0.2, 0.25) is 0 Å². The quantitative estimate of drug-likeness (QED) is 0.219. The maximum absolute atomic E-state index is 14.3. The number of ether oxygens (including phenoxy) is 2. The number of methoxy groups -OCH3 is 1. The largest absolute Gasteiger partial charge is 0.507 e. The molecule has 1 atom stereocenters. The van der Waals surface area contributed by atoms with Crippen molar-refractivity contribution in [2.75, 3.05) is 58.0 Å². The molecule has 2 aromatic carbocycles. The first-order chi connectivity index (χ1) is 19.2. The molecule has 1 unspecified atom stereocenters. The number of morpholine rings is 1. The number of Topliss-reactive ketones (excluding diaryl/α,β-unsaturated/α-hetero) is 1. The fraction of sp³-hybridized carbons (Fsp3) is 0.321. The average Bonchev–Trinajstić information content (AvgIpc) is 3.35. The van der Waals surface area contributed by atoms with Gasteiger partial charge < -0.3 is 24.4 Å². The van der Waals surface area contributed by atoms with Crippen molar-refractivity contribution in [2.24, 2.45) is 0 Å². The third-order valence-corrected chi connectivity index (χ3v) is 9.25. The molecule has 210 valence electrons. The lowest BCUT2D eigenvalue weighted by atomic mass is 9.82. The number of carbonyl (C=O) groups excluding carboxylic acids is 3. The van der Waals surface area contributed by atoms with E-state index in [1.165, 1.54) is 46.7 Å². The Morgan fingerprint density at radius 1 is 1.12 bits per heavy atom. The SMILES string of the molecule is C=CCN1C(=O)C2(/C(=C(/O)c3cccc(S(=O)(=O)N4CCOCC4)c3)C(=O)C(=O)N2CCOC)c2ccccc21. The van der Waals surface area contributed by atoms with Crippen molar-refractivity contribution < 1.29 is 37.4 Å². The number of para-hydroxylation sites is 1. The van der Waals surface area contributed by atoms with Gasteiger partial charge in [-0.25, -0.2) is 8.42 Å². The van der Waals surface area contributed by atoms with Crippen molar-refractivity contribution in [2.45, 2.75) is 10.4 Å². The van der Waals surface area contributed by atoms with Gasteiger partial charge in [0.2, 0.25) is 10.0 Å². The molecule has 0 radical (unpaired) electrons. The van der Waals surface area contributed by atoms with E-state index >= 15 is 0 Å². The molecule has 2 amide bonds. The molecule has 11 nitrogen and oxygen atoms in total. The van der Waals surface area contributed by atoms with Crippen molar-refractivity contribution in [3.63, 3.8) is 0 Å². The van der Waals surface area contributed by atoms with Crippen molar-refractivity contribution >= 4 is 39.1 Å². The van der Waals surface area contributed by atoms with Crippen LogP contribution in [0.1, 0.15) is 11.1 Å². The monoisotopic (exact) mass is 567 g/mol. The number of carbonyl (C=O) groups is 3. The van der Waals surface area contributed by atoms with E-state index in [4.69, 9.17) is 9.47 Å². The van der Waals surface area contributed by atoms with Crippen molar-refractivity contribution in [1.82, 2.24) is 9.21 Å². The van der Waals surface area contributed by atoms with Gasteiger partial charge in [-0.2, -0.15) is 4.31 Å². The lowest BCUT2D eigenvalue weighted by Crippen LogP contribution is -2.52. The van der Waals surface area contributed by atoms with Crippen LogP contribution >= 0.6 is 0 Å². The topological polar surface area (TPSA) is 134 Å². The van der Waals surface area contributed by atoms with Crippen LogP contribution in [0, 0.1) is 0 Å². The summed E-state index contributed by atoms with van der Waals surface area (Å²) in [6, 6.07) is 12.2. The number of anilines is 1. The first kappa shape index (κ1) is 27.7. The highest BCUT2D eigenvalue weighted by molar-refractivity contribution is 7.89. The number of rotatable bonds is 8. The predicted molar refractivity (Wildman–Crippen MR) is 145 cm³/mol. The molecular weight excluding hydrogens is 538 g/mol. The molecule has 40 heavy (non-hydrogen) atoms. The molecule has 2 fully saturated rings. The van der Waals surface area contributed by atoms with Gasteiger partial charge in [0.1, 0.15) is 5.76 Å². The van der Waals surface area contributed by atoms with E-state index in [-0.39, 0.29) is 56.5 Å². The maximum Gasteiger partial charge on any atom is 0.296 e. The zero-order valence-electron chi connectivity index (χ0n) is 21.9. The number of aliphatic hydroxyl groups excluding tert-OH is 1. The fourth-order valence-electron chi connectivity index (χ4n) is 5.54. The minimum atomic E-state index is -3.94. The number of hydrogen-bond acceptors (Lipinski definition) is 8. The summed E-state index contributed by atoms with van der Waals surface area (Å²) >= 11 is 0. The Labute approximate surface area is 231 Å². The first-order valence-electron chi connectivity index (χ1n) is 12.7. The standard InChI is InChI=1S/C28H29N3O8S/c1-3-11-30-22-10-5-4-9-21(22)28(27(30)35)23(25(33)26(34)31(28)14-15-38-2)24(32)19-7-6-8-20(18-19)40(36,37)29-12-16-39-17-13-29/h3-10,18,32H,1,11-17H2,2H3/b24-23+. The second-order valence-corrected chi connectivity index (χ2v) is 11.4. The fourth-order valence-corrected chi connectivity index (χ4v) is 7.00. The molecule has 5 rings (SSSR count). The molecule has 12 heteroatoms. The number of ketones is 1. The normalized spacial score (nSPS) is 22.8. The zero-order chi connectivity index (χ0) is 28.7. The lowest BCUT2D eigenvalue weighted by molar-refractivity contribution is -0.144. The number of fused-ring (bicyclic) bond motifs is 2. The molecule has 3 aliphatic heterocycles. The number of hydrogen-bond donors (Lipinski definition) is 1. The van der Waals surface area contributed by atoms with Gasteiger partial charge in [0.25, 0.3) is 17.6 Å². The predicted octanol–water partition coefficient (Wildman–Crippen LogP) is 1.46. The number of benzene rings is 2. The second kappa shape index (κ2) is 10.6. The van der Waals surface area contributed by atoms with E-state index in [1.807, 2.05) is 0 Å². The minimum absolute atomic E-state index is 0.0223. The van der Waals surface area contributed by atoms with Gasteiger partial charge in [-0.15, -0.1) is 6.58 Å². The first-order valence-corrected chi connectivity index (χ1v) is 14.1. The van der Waals surface area contributed by atoms with Gasteiger partial charge in [-0.05, 0) is 18.2 Å². The van der Waals surface area contributed by atoms with Crippen molar-refractivity contribution in [3.8, 4) is 0 Å². The summed E-state index contributed by atoms with van der Waals surface area (Å²) < 4.78 is 38.3. The van der Waals surface area contributed by atoms with E-state index in [0.29, 0.717) is 11.3 Å². The zero-order valence-corrected chi connectivity index (χ0v) is 22.7. The number of sulfonamides is 1. The van der Waals surface area contributed by atoms with Crippen LogP contribution in [-0.4, -0.2) is 93.4 Å². The van der Waals surface area contributed by atoms with Crippen LogP contribution in [0.15, 0.2) is 71.7 Å². The second-order valence-electron chi connectivity index (χ2n) is 9.48. The molecule has 0 aromatic heterocycles. The summed E-state index contributed by atoms with van der Waals surface area (Å²) in [5.74, 6) is -3.29. The van der Waals surface area contributed by atoms with Crippen LogP contribution in [0.5, 0.6) is 0 Å². The maximum atomic E-state index is 14.3. The summed E-state index contributed by atoms with van der Waals surface area (Å²) in [7, 11) is -2.51. The summed E-state index contributed by atoms with van der Waals surface area (Å²) in [6.45, 7) is 4.61. The van der Waals surface area contributed by atoms with Crippen LogP contribution in [0.3, 0.4) is 0 Å². The molecule has 0 aliphatic carbocycles. The summed E-state index contributed by atoms with van der Waals surface area (Å²) in [5, 5.41) is 11.7. The average molecular weight is 568 g/mol. The van der Waals surface area contributed by atoms with Crippen LogP contribution in [0.4, 0.5) is 5.69 Å². The molecule has 0 saturated carbocycles. The Hall–Kier alpha value is -3.84. The van der Waals surface area contributed by atoms with Gasteiger partial charge in [-0.1, -0.05) is 36.4 Å². The van der Waals surface area contributed by atoms with Gasteiger partial charge in [-0.3, -0.25) is 14.4 Å². The summed E-state index contributed by atoms with van der Waals surface area (Å²) in [6.07, 6.45) is 1.52. The Morgan fingerprint density at radius 2 is 1.85 bits per heavy atom. The van der Waals surface area contributed by atoms with E-state index in [9.17, 15) is 27.9 Å². The molecular formula is C28H29N3O8S. The highest BCUT2D eigenvalue weighted by Crippen LogP contribution is 2.53. The molecule has 1 N–H and O–H groups in total. The molecule has 2 saturated heterocycles. The summed E-state index contributed by atoms with van der Waals surface area (Å²) in [5.41, 5.74) is -1.62. The van der Waals surface area contributed by atoms with Gasteiger partial charge in [0.15, 0.2) is 5.54 Å². The molecule has 3 heterocycles. The minimum Gasteiger partial charge on any atom is -0.507 e. The van der Waals surface area contributed by atoms with E-state index in [1.54, 1.807) is 24.3 Å². The molecule has 0 bridgehead atoms. The van der Waals surface area contributed by atoms with Gasteiger partial charge >= 0.3 is 0 Å². The number of amides is 2. The molecule has 2 aromatic rings. The Kier molecular flexibility index (Phi) is 7.36. The van der Waals surface area contributed by atoms with Crippen molar-refractivity contribution in [3.05, 3.63) is 77.9 Å². The third-order valence-electron chi connectivity index (χ3n) is 7.36. The molecule has 3 aliphatic rings. The highest BCUT2D eigenvalue weighted by atomic mass is 32.2. The van der Waals surface area contributed by atoms with Crippen molar-refractivity contribution in [1.29, 1.82) is 0 Å². The number of likely N-dealkylation sites (tertiary alicyclic amines) is 1. The van der Waals surface area contributed by atoms with Crippen LogP contribution in [0.25, 0.3) is 5.76 Å². The summed E-state index contributed by atoms with van der Waals surface area (Å²) in [4.78, 5) is 43.7. The molecule has 1 spiro atoms. The Bertz CT molecular complexity index is 1530. The van der Waals surface area contributed by atoms with Gasteiger partial charge in [0.05, 0.1) is 36.0 Å². The van der Waals surface area contributed by atoms with Crippen LogP contribution in [-0.2, 0) is 39.4 Å².